The first-order valence-electron chi connectivity index (χ1n) is 6.76. The van der Waals surface area contributed by atoms with Crippen molar-refractivity contribution in [3.8, 4) is 0 Å². The topological polar surface area (TPSA) is 20.2 Å². The summed E-state index contributed by atoms with van der Waals surface area (Å²) in [6, 6.07) is 10.8. The average Bonchev–Trinajstić information content (AvgIpc) is 2.41. The highest BCUT2D eigenvalue weighted by Crippen LogP contribution is 2.48. The monoisotopic (exact) mass is 228 g/mol. The molecule has 1 aromatic rings. The molecular weight excluding hydrogens is 208 g/mol. The Balaban J connectivity index is 1.87. The third-order valence-corrected chi connectivity index (χ3v) is 4.48. The van der Waals surface area contributed by atoms with Crippen LogP contribution in [0.4, 0.5) is 0 Å². The molecule has 2 bridgehead atoms. The maximum Gasteiger partial charge on any atom is 0.0433 e. The van der Waals surface area contributed by atoms with Crippen LogP contribution < -0.4 is 0 Å². The lowest BCUT2D eigenvalue weighted by Gasteiger charge is -2.41. The fraction of sp³-hybridized carbons (Fsp3) is 0.500. The van der Waals surface area contributed by atoms with Crippen molar-refractivity contribution in [2.75, 3.05) is 6.61 Å². The number of allylic oxidation sites excluding steroid dienone is 2. The van der Waals surface area contributed by atoms with Crippen LogP contribution in [-0.4, -0.2) is 11.7 Å². The van der Waals surface area contributed by atoms with Crippen molar-refractivity contribution >= 4 is 5.57 Å². The van der Waals surface area contributed by atoms with Crippen LogP contribution in [-0.2, 0) is 0 Å². The molecule has 3 aliphatic rings. The summed E-state index contributed by atoms with van der Waals surface area (Å²) >= 11 is 0. The smallest absolute Gasteiger partial charge is 0.0433 e. The fourth-order valence-corrected chi connectivity index (χ4v) is 3.62. The van der Waals surface area contributed by atoms with E-state index in [4.69, 9.17) is 5.11 Å². The Kier molecular flexibility index (Phi) is 3.02. The van der Waals surface area contributed by atoms with E-state index >= 15 is 0 Å². The Morgan fingerprint density at radius 1 is 1.12 bits per heavy atom. The lowest BCUT2D eigenvalue weighted by molar-refractivity contribution is 0.173. The molecule has 0 amide bonds. The van der Waals surface area contributed by atoms with Crippen molar-refractivity contribution in [2.45, 2.75) is 25.7 Å². The van der Waals surface area contributed by atoms with Crippen LogP contribution in [0.1, 0.15) is 31.2 Å². The van der Waals surface area contributed by atoms with Gasteiger partial charge in [0, 0.05) is 6.61 Å². The molecule has 0 aliphatic heterocycles. The Morgan fingerprint density at radius 3 is 2.59 bits per heavy atom. The highest BCUT2D eigenvalue weighted by Gasteiger charge is 2.35. The van der Waals surface area contributed by atoms with Crippen molar-refractivity contribution in [2.24, 2.45) is 17.8 Å². The molecule has 0 spiro atoms. The summed E-state index contributed by atoms with van der Waals surface area (Å²) in [5.74, 6) is 2.17. The van der Waals surface area contributed by atoms with E-state index in [9.17, 15) is 0 Å². The van der Waals surface area contributed by atoms with Crippen LogP contribution >= 0.6 is 0 Å². The summed E-state index contributed by atoms with van der Waals surface area (Å²) in [5, 5.41) is 9.11. The summed E-state index contributed by atoms with van der Waals surface area (Å²) in [7, 11) is 0. The predicted octanol–water partition coefficient (Wildman–Crippen LogP) is 3.50. The van der Waals surface area contributed by atoms with E-state index in [1.165, 1.54) is 24.8 Å². The van der Waals surface area contributed by atoms with E-state index in [1.54, 1.807) is 5.57 Å². The van der Waals surface area contributed by atoms with E-state index in [-0.39, 0.29) is 0 Å². The SMILES string of the molecule is OCC[C@H]1C[C@H]2CC[C@H]1C=C2c1ccccc1. The minimum Gasteiger partial charge on any atom is -0.396 e. The summed E-state index contributed by atoms with van der Waals surface area (Å²) in [4.78, 5) is 0. The molecule has 90 valence electrons. The van der Waals surface area contributed by atoms with Crippen LogP contribution in [0.15, 0.2) is 36.4 Å². The van der Waals surface area contributed by atoms with Gasteiger partial charge in [0.1, 0.15) is 0 Å². The van der Waals surface area contributed by atoms with Crippen LogP contribution in [0, 0.1) is 17.8 Å². The van der Waals surface area contributed by atoms with E-state index in [1.807, 2.05) is 0 Å². The molecule has 0 aromatic heterocycles. The van der Waals surface area contributed by atoms with Gasteiger partial charge in [0.25, 0.3) is 0 Å². The van der Waals surface area contributed by atoms with Crippen LogP contribution in [0.2, 0.25) is 0 Å². The minimum atomic E-state index is 0.350. The largest absolute Gasteiger partial charge is 0.396 e. The molecule has 1 nitrogen and oxygen atoms in total. The van der Waals surface area contributed by atoms with Gasteiger partial charge in [-0.25, -0.2) is 0 Å². The van der Waals surface area contributed by atoms with E-state index in [0.717, 1.165) is 18.3 Å². The molecule has 3 aliphatic carbocycles. The number of rotatable bonds is 3. The number of hydrogen-bond donors (Lipinski definition) is 1. The number of hydrogen-bond acceptors (Lipinski definition) is 1. The Morgan fingerprint density at radius 2 is 1.94 bits per heavy atom. The summed E-state index contributed by atoms with van der Waals surface area (Å²) in [5.41, 5.74) is 2.97. The molecule has 0 unspecified atom stereocenters. The molecular formula is C16H20O. The van der Waals surface area contributed by atoms with Gasteiger partial charge in [-0.15, -0.1) is 0 Å². The lowest BCUT2D eigenvalue weighted by atomic mass is 9.63. The van der Waals surface area contributed by atoms with E-state index < -0.39 is 0 Å². The summed E-state index contributed by atoms with van der Waals surface area (Å²) < 4.78 is 0. The second-order valence-electron chi connectivity index (χ2n) is 5.43. The molecule has 0 heterocycles. The van der Waals surface area contributed by atoms with Gasteiger partial charge in [-0.05, 0) is 54.6 Å². The zero-order valence-electron chi connectivity index (χ0n) is 10.2. The van der Waals surface area contributed by atoms with Gasteiger partial charge in [-0.1, -0.05) is 36.4 Å². The summed E-state index contributed by atoms with van der Waals surface area (Å²) in [6.45, 7) is 0.350. The van der Waals surface area contributed by atoms with Gasteiger partial charge in [-0.2, -0.15) is 0 Å². The molecule has 0 saturated heterocycles. The van der Waals surface area contributed by atoms with Crippen molar-refractivity contribution in [3.05, 3.63) is 42.0 Å². The molecule has 3 atom stereocenters. The third-order valence-electron chi connectivity index (χ3n) is 4.48. The molecule has 17 heavy (non-hydrogen) atoms. The van der Waals surface area contributed by atoms with Crippen LogP contribution in [0.5, 0.6) is 0 Å². The number of fused-ring (bicyclic) bond motifs is 2. The molecule has 1 N–H and O–H groups in total. The second kappa shape index (κ2) is 4.66. The average molecular weight is 228 g/mol. The molecule has 1 aromatic carbocycles. The van der Waals surface area contributed by atoms with Gasteiger partial charge >= 0.3 is 0 Å². The number of benzene rings is 1. The van der Waals surface area contributed by atoms with Gasteiger partial charge in [0.15, 0.2) is 0 Å². The van der Waals surface area contributed by atoms with Gasteiger partial charge < -0.3 is 5.11 Å². The van der Waals surface area contributed by atoms with Gasteiger partial charge in [0.05, 0.1) is 0 Å². The van der Waals surface area contributed by atoms with Gasteiger partial charge in [-0.3, -0.25) is 0 Å². The molecule has 1 saturated carbocycles. The zero-order valence-corrected chi connectivity index (χ0v) is 10.2. The molecule has 1 fully saturated rings. The first-order valence-corrected chi connectivity index (χ1v) is 6.76. The minimum absolute atomic E-state index is 0.350. The fourth-order valence-electron chi connectivity index (χ4n) is 3.62. The Hall–Kier alpha value is -1.08. The maximum absolute atomic E-state index is 9.11. The highest BCUT2D eigenvalue weighted by molar-refractivity contribution is 5.69. The normalized spacial score (nSPS) is 31.4. The Labute approximate surface area is 103 Å². The quantitative estimate of drug-likeness (QED) is 0.839. The third kappa shape index (κ3) is 2.04. The predicted molar refractivity (Wildman–Crippen MR) is 70.4 cm³/mol. The van der Waals surface area contributed by atoms with E-state index in [2.05, 4.69) is 36.4 Å². The maximum atomic E-state index is 9.11. The zero-order chi connectivity index (χ0) is 11.7. The highest BCUT2D eigenvalue weighted by atomic mass is 16.3. The standard InChI is InChI=1S/C16H20O/c17-9-8-14-10-15-7-6-13(14)11-16(15)12-4-2-1-3-5-12/h1-5,11,13-15,17H,6-10H2/t13-,14-,15+/m0/s1. The van der Waals surface area contributed by atoms with Crippen molar-refractivity contribution < 1.29 is 5.11 Å². The first kappa shape index (κ1) is 11.0. The van der Waals surface area contributed by atoms with Crippen LogP contribution in [0.3, 0.4) is 0 Å². The molecule has 0 radical (unpaired) electrons. The van der Waals surface area contributed by atoms with Crippen molar-refractivity contribution in [1.29, 1.82) is 0 Å². The van der Waals surface area contributed by atoms with Gasteiger partial charge in [0.2, 0.25) is 0 Å². The molecule has 4 rings (SSSR count). The Bertz CT molecular complexity index is 407. The second-order valence-corrected chi connectivity index (χ2v) is 5.43. The van der Waals surface area contributed by atoms with Crippen LogP contribution in [0.25, 0.3) is 5.57 Å². The van der Waals surface area contributed by atoms with Crippen molar-refractivity contribution in [3.63, 3.8) is 0 Å². The first-order chi connectivity index (χ1) is 8.38. The number of aliphatic hydroxyl groups is 1. The summed E-state index contributed by atoms with van der Waals surface area (Å²) in [6.07, 6.45) is 7.43. The number of aliphatic hydroxyl groups excluding tert-OH is 1. The van der Waals surface area contributed by atoms with Crippen molar-refractivity contribution in [1.82, 2.24) is 0 Å². The molecule has 1 heteroatoms. The lowest BCUT2D eigenvalue weighted by Crippen LogP contribution is -2.30. The van der Waals surface area contributed by atoms with E-state index in [0.29, 0.717) is 12.5 Å².